The predicted molar refractivity (Wildman–Crippen MR) is 94.0 cm³/mol. The van der Waals surface area contributed by atoms with Crippen LogP contribution in [-0.4, -0.2) is 30.6 Å². The molecule has 0 aromatic heterocycles. The highest BCUT2D eigenvalue weighted by atomic mass is 35.5. The van der Waals surface area contributed by atoms with Crippen LogP contribution in [0.25, 0.3) is 0 Å². The molecule has 1 aromatic rings. The molecule has 2 rings (SSSR count). The van der Waals surface area contributed by atoms with Crippen molar-refractivity contribution in [1.82, 2.24) is 4.90 Å². The Morgan fingerprint density at radius 2 is 1.95 bits per heavy atom. The van der Waals surface area contributed by atoms with Gasteiger partial charge in [-0.2, -0.15) is 0 Å². The molecule has 118 valence electrons. The summed E-state index contributed by atoms with van der Waals surface area (Å²) in [6, 6.07) is 3.80. The van der Waals surface area contributed by atoms with Crippen molar-refractivity contribution in [3.05, 3.63) is 27.2 Å². The van der Waals surface area contributed by atoms with E-state index in [1.807, 2.05) is 0 Å². The van der Waals surface area contributed by atoms with Gasteiger partial charge in [0.15, 0.2) is 0 Å². The monoisotopic (exact) mass is 348 g/mol. The number of benzene rings is 1. The van der Waals surface area contributed by atoms with Crippen LogP contribution in [0.4, 0.5) is 5.69 Å². The number of piperidine rings is 1. The van der Waals surface area contributed by atoms with Crippen LogP contribution < -0.4 is 5.32 Å². The van der Waals surface area contributed by atoms with Crippen LogP contribution in [-0.2, 0) is 0 Å². The zero-order valence-corrected chi connectivity index (χ0v) is 14.9. The van der Waals surface area contributed by atoms with E-state index >= 15 is 0 Å². The molecule has 0 radical (unpaired) electrons. The third-order valence-electron chi connectivity index (χ3n) is 4.17. The fourth-order valence-electron chi connectivity index (χ4n) is 3.04. The Hall–Kier alpha value is -0.150. The first-order chi connectivity index (χ1) is 10.0. The van der Waals surface area contributed by atoms with Gasteiger partial charge in [0.05, 0.1) is 15.7 Å². The first-order valence-electron chi connectivity index (χ1n) is 7.64. The Balaban J connectivity index is 2.02. The van der Waals surface area contributed by atoms with Crippen LogP contribution in [0.5, 0.6) is 0 Å². The molecule has 0 amide bonds. The molecule has 0 bridgehead atoms. The second kappa shape index (κ2) is 7.92. The molecule has 2 unspecified atom stereocenters. The molecular weight excluding hydrogens is 327 g/mol. The Bertz CT molecular complexity index is 454. The van der Waals surface area contributed by atoms with Crippen LogP contribution in [0.2, 0.25) is 15.1 Å². The third-order valence-corrected chi connectivity index (χ3v) is 4.98. The first kappa shape index (κ1) is 17.2. The van der Waals surface area contributed by atoms with E-state index in [-0.39, 0.29) is 0 Å². The van der Waals surface area contributed by atoms with Gasteiger partial charge in [-0.05, 0) is 57.3 Å². The fourth-order valence-corrected chi connectivity index (χ4v) is 3.97. The minimum Gasteiger partial charge on any atom is -0.380 e. The van der Waals surface area contributed by atoms with E-state index < -0.39 is 0 Å². The molecule has 1 aliphatic heterocycles. The number of rotatable bonds is 5. The number of likely N-dealkylation sites (tertiary alicyclic amines) is 1. The zero-order chi connectivity index (χ0) is 15.4. The van der Waals surface area contributed by atoms with Gasteiger partial charge in [-0.25, -0.2) is 0 Å². The quantitative estimate of drug-likeness (QED) is 0.747. The maximum Gasteiger partial charge on any atom is 0.0722 e. The SMILES string of the molecule is CCCN1CCCC(C(C)Nc2c(Cl)cc(Cl)cc2Cl)C1. The molecule has 1 aromatic carbocycles. The van der Waals surface area contributed by atoms with Crippen molar-refractivity contribution in [2.24, 2.45) is 5.92 Å². The zero-order valence-electron chi connectivity index (χ0n) is 12.6. The number of halogens is 3. The van der Waals surface area contributed by atoms with Gasteiger partial charge in [-0.1, -0.05) is 41.7 Å². The van der Waals surface area contributed by atoms with Gasteiger partial charge in [0.1, 0.15) is 0 Å². The van der Waals surface area contributed by atoms with Crippen LogP contribution in [0.3, 0.4) is 0 Å². The molecule has 1 saturated heterocycles. The topological polar surface area (TPSA) is 15.3 Å². The molecular formula is C16H23Cl3N2. The summed E-state index contributed by atoms with van der Waals surface area (Å²) in [6.45, 7) is 8.00. The third kappa shape index (κ3) is 4.66. The van der Waals surface area contributed by atoms with E-state index in [1.165, 1.54) is 32.4 Å². The number of hydrogen-bond donors (Lipinski definition) is 1. The largest absolute Gasteiger partial charge is 0.380 e. The summed E-state index contributed by atoms with van der Waals surface area (Å²) in [5, 5.41) is 5.22. The summed E-state index contributed by atoms with van der Waals surface area (Å²) in [5.74, 6) is 0.619. The second-order valence-corrected chi connectivity index (χ2v) is 7.13. The number of hydrogen-bond acceptors (Lipinski definition) is 2. The molecule has 1 heterocycles. The summed E-state index contributed by atoms with van der Waals surface area (Å²) >= 11 is 18.5. The molecule has 0 aliphatic carbocycles. The predicted octanol–water partition coefficient (Wildman–Crippen LogP) is 5.57. The lowest BCUT2D eigenvalue weighted by Crippen LogP contribution is -2.42. The van der Waals surface area contributed by atoms with Crippen LogP contribution >= 0.6 is 34.8 Å². The molecule has 0 spiro atoms. The smallest absolute Gasteiger partial charge is 0.0722 e. The van der Waals surface area contributed by atoms with Crippen molar-refractivity contribution in [2.45, 2.75) is 39.2 Å². The average Bonchev–Trinajstić information content (AvgIpc) is 2.43. The molecule has 1 aliphatic rings. The van der Waals surface area contributed by atoms with Crippen LogP contribution in [0.1, 0.15) is 33.1 Å². The van der Waals surface area contributed by atoms with E-state index in [0.717, 1.165) is 12.2 Å². The normalized spacial score (nSPS) is 21.3. The van der Waals surface area contributed by atoms with Gasteiger partial charge in [-0.3, -0.25) is 0 Å². The van der Waals surface area contributed by atoms with Gasteiger partial charge >= 0.3 is 0 Å². The Morgan fingerprint density at radius 3 is 2.57 bits per heavy atom. The molecule has 1 N–H and O–H groups in total. The van der Waals surface area contributed by atoms with Crippen molar-refractivity contribution in [2.75, 3.05) is 25.0 Å². The van der Waals surface area contributed by atoms with Crippen molar-refractivity contribution < 1.29 is 0 Å². The molecule has 2 atom stereocenters. The lowest BCUT2D eigenvalue weighted by molar-refractivity contribution is 0.165. The Kier molecular flexibility index (Phi) is 6.49. The summed E-state index contributed by atoms with van der Waals surface area (Å²) < 4.78 is 0. The van der Waals surface area contributed by atoms with E-state index in [0.29, 0.717) is 27.0 Å². The Labute approximate surface area is 142 Å². The number of nitrogens with zero attached hydrogens (tertiary/aromatic N) is 1. The second-order valence-electron chi connectivity index (χ2n) is 5.88. The lowest BCUT2D eigenvalue weighted by Gasteiger charge is -2.36. The molecule has 0 saturated carbocycles. The minimum absolute atomic E-state index is 0.334. The summed E-state index contributed by atoms with van der Waals surface area (Å²) in [5.41, 5.74) is 0.794. The van der Waals surface area contributed by atoms with E-state index in [2.05, 4.69) is 24.1 Å². The van der Waals surface area contributed by atoms with Gasteiger partial charge in [0, 0.05) is 17.6 Å². The van der Waals surface area contributed by atoms with Gasteiger partial charge in [0.25, 0.3) is 0 Å². The average molecular weight is 350 g/mol. The van der Waals surface area contributed by atoms with E-state index in [9.17, 15) is 0 Å². The lowest BCUT2D eigenvalue weighted by atomic mass is 9.91. The summed E-state index contributed by atoms with van der Waals surface area (Å²) in [6.07, 6.45) is 3.72. The number of anilines is 1. The van der Waals surface area contributed by atoms with Crippen molar-refractivity contribution in [3.8, 4) is 0 Å². The van der Waals surface area contributed by atoms with Gasteiger partial charge < -0.3 is 10.2 Å². The van der Waals surface area contributed by atoms with Crippen molar-refractivity contribution >= 4 is 40.5 Å². The van der Waals surface area contributed by atoms with Gasteiger partial charge in [0.2, 0.25) is 0 Å². The standard InChI is InChI=1S/C16H23Cl3N2/c1-3-6-21-7-4-5-12(10-21)11(2)20-16-14(18)8-13(17)9-15(16)19/h8-9,11-12,20H,3-7,10H2,1-2H3. The van der Waals surface area contributed by atoms with Gasteiger partial charge in [-0.15, -0.1) is 0 Å². The summed E-state index contributed by atoms with van der Waals surface area (Å²) in [4.78, 5) is 2.55. The number of nitrogens with one attached hydrogen (secondary N) is 1. The van der Waals surface area contributed by atoms with E-state index in [4.69, 9.17) is 34.8 Å². The molecule has 21 heavy (non-hydrogen) atoms. The highest BCUT2D eigenvalue weighted by Crippen LogP contribution is 2.35. The summed E-state index contributed by atoms with van der Waals surface area (Å²) in [7, 11) is 0. The minimum atomic E-state index is 0.334. The highest BCUT2D eigenvalue weighted by molar-refractivity contribution is 6.41. The maximum atomic E-state index is 6.25. The fraction of sp³-hybridized carbons (Fsp3) is 0.625. The van der Waals surface area contributed by atoms with Crippen molar-refractivity contribution in [3.63, 3.8) is 0 Å². The maximum absolute atomic E-state index is 6.25. The molecule has 5 heteroatoms. The Morgan fingerprint density at radius 1 is 1.29 bits per heavy atom. The van der Waals surface area contributed by atoms with Crippen LogP contribution in [0.15, 0.2) is 12.1 Å². The van der Waals surface area contributed by atoms with Crippen LogP contribution in [0, 0.1) is 5.92 Å². The highest BCUT2D eigenvalue weighted by Gasteiger charge is 2.25. The van der Waals surface area contributed by atoms with E-state index in [1.54, 1.807) is 12.1 Å². The molecule has 1 fully saturated rings. The van der Waals surface area contributed by atoms with Crippen molar-refractivity contribution in [1.29, 1.82) is 0 Å². The first-order valence-corrected chi connectivity index (χ1v) is 8.78. The molecule has 2 nitrogen and oxygen atoms in total.